The number of nitriles is 1. The Balaban J connectivity index is 1.68. The van der Waals surface area contributed by atoms with Crippen molar-refractivity contribution in [2.75, 3.05) is 11.6 Å². The van der Waals surface area contributed by atoms with Crippen LogP contribution in [0.25, 0.3) is 16.6 Å². The largest absolute Gasteiger partial charge is 0.618 e. The van der Waals surface area contributed by atoms with Crippen molar-refractivity contribution < 1.29 is 14.3 Å². The van der Waals surface area contributed by atoms with E-state index in [0.717, 1.165) is 16.9 Å². The summed E-state index contributed by atoms with van der Waals surface area (Å²) in [6.07, 6.45) is 4.41. The summed E-state index contributed by atoms with van der Waals surface area (Å²) in [6.45, 7) is 4.40. The molecule has 10 heteroatoms. The van der Waals surface area contributed by atoms with Gasteiger partial charge in [0, 0.05) is 19.4 Å². The van der Waals surface area contributed by atoms with E-state index in [-0.39, 0.29) is 28.1 Å². The topological polar surface area (TPSA) is 102 Å². The lowest BCUT2D eigenvalue weighted by molar-refractivity contribution is -0.583. The SMILES string of the molecule is Cc1c2c(N3C=C(C4CCOC4C)ON3)ncn2c2ccc(Cl)c(C#N)c2[n+]1[O-]. The fraction of sp³-hybridized carbons (Fsp3) is 0.316. The van der Waals surface area contributed by atoms with Gasteiger partial charge in [-0.05, 0) is 25.5 Å². The number of halogens is 1. The van der Waals surface area contributed by atoms with Gasteiger partial charge in [-0.25, -0.2) is 9.99 Å². The van der Waals surface area contributed by atoms with Crippen molar-refractivity contribution in [2.24, 2.45) is 5.92 Å². The van der Waals surface area contributed by atoms with Gasteiger partial charge in [-0.2, -0.15) is 9.99 Å². The van der Waals surface area contributed by atoms with E-state index >= 15 is 0 Å². The van der Waals surface area contributed by atoms with E-state index in [9.17, 15) is 10.5 Å². The summed E-state index contributed by atoms with van der Waals surface area (Å²) in [5.41, 5.74) is 4.74. The second-order valence-electron chi connectivity index (χ2n) is 7.13. The molecule has 1 aromatic carbocycles. The second kappa shape index (κ2) is 6.49. The highest BCUT2D eigenvalue weighted by molar-refractivity contribution is 6.32. The maximum Gasteiger partial charge on any atom is 0.260 e. The van der Waals surface area contributed by atoms with E-state index < -0.39 is 0 Å². The minimum absolute atomic E-state index is 0.0744. The predicted molar refractivity (Wildman–Crippen MR) is 104 cm³/mol. The minimum atomic E-state index is 0.0744. The third kappa shape index (κ3) is 2.54. The molecular weight excluding hydrogens is 396 g/mol. The molecule has 2 aliphatic heterocycles. The number of benzene rings is 1. The third-order valence-electron chi connectivity index (χ3n) is 5.56. The first kappa shape index (κ1) is 18.0. The van der Waals surface area contributed by atoms with Gasteiger partial charge in [0.15, 0.2) is 11.3 Å². The molecule has 0 saturated carbocycles. The normalized spacial score (nSPS) is 21.6. The number of nitrogens with one attached hydrogen (secondary N) is 1. The molecule has 1 N–H and O–H groups in total. The lowest BCUT2D eigenvalue weighted by atomic mass is 10.0. The van der Waals surface area contributed by atoms with Gasteiger partial charge in [0.2, 0.25) is 5.69 Å². The van der Waals surface area contributed by atoms with Crippen LogP contribution in [0.5, 0.6) is 0 Å². The smallest absolute Gasteiger partial charge is 0.260 e. The Morgan fingerprint density at radius 2 is 2.28 bits per heavy atom. The molecule has 4 heterocycles. The van der Waals surface area contributed by atoms with Crippen molar-refractivity contribution >= 4 is 34.0 Å². The van der Waals surface area contributed by atoms with Crippen LogP contribution < -0.4 is 15.3 Å². The van der Waals surface area contributed by atoms with Crippen LogP contribution in [0.15, 0.2) is 30.4 Å². The Hall–Kier alpha value is -3.06. The van der Waals surface area contributed by atoms with Crippen LogP contribution >= 0.6 is 11.6 Å². The van der Waals surface area contributed by atoms with E-state index in [0.29, 0.717) is 29.2 Å². The molecule has 1 fully saturated rings. The summed E-state index contributed by atoms with van der Waals surface area (Å²) >= 11 is 6.13. The van der Waals surface area contributed by atoms with Gasteiger partial charge in [0.05, 0.1) is 17.3 Å². The first-order chi connectivity index (χ1) is 14.0. The Kier molecular flexibility index (Phi) is 4.03. The standard InChI is InChI=1S/C19H17ClN6O3/c1-10-17-19(25-8-16(29-23-25)12-5-6-28-11(12)2)22-9-24(17)15-4-3-14(20)13(7-21)18(15)26(10)27/h3-4,8-9,11-12,23H,5-6H2,1-2H3. The zero-order valence-corrected chi connectivity index (χ0v) is 16.5. The van der Waals surface area contributed by atoms with Crippen LogP contribution in [-0.2, 0) is 9.57 Å². The number of hydrazine groups is 1. The number of hydrogen-bond acceptors (Lipinski definition) is 7. The molecule has 148 valence electrons. The summed E-state index contributed by atoms with van der Waals surface area (Å²) in [5.74, 6) is 1.44. The Morgan fingerprint density at radius 1 is 1.45 bits per heavy atom. The molecular formula is C19H17ClN6O3. The van der Waals surface area contributed by atoms with Crippen LogP contribution in [0, 0.1) is 29.4 Å². The molecule has 1 saturated heterocycles. The summed E-state index contributed by atoms with van der Waals surface area (Å²) < 4.78 is 8.13. The van der Waals surface area contributed by atoms with E-state index in [1.165, 1.54) is 0 Å². The molecule has 0 aliphatic carbocycles. The van der Waals surface area contributed by atoms with Gasteiger partial charge >= 0.3 is 0 Å². The highest BCUT2D eigenvalue weighted by Gasteiger charge is 2.34. The van der Waals surface area contributed by atoms with E-state index in [1.54, 1.807) is 34.8 Å². The molecule has 9 nitrogen and oxygen atoms in total. The van der Waals surface area contributed by atoms with Crippen molar-refractivity contribution in [3.8, 4) is 6.07 Å². The lowest BCUT2D eigenvalue weighted by Crippen LogP contribution is -2.34. The van der Waals surface area contributed by atoms with Gasteiger partial charge < -0.3 is 14.8 Å². The maximum absolute atomic E-state index is 13.0. The molecule has 0 amide bonds. The molecule has 2 atom stereocenters. The molecule has 2 unspecified atom stereocenters. The maximum atomic E-state index is 13.0. The van der Waals surface area contributed by atoms with Crippen LogP contribution in [0.4, 0.5) is 5.82 Å². The fourth-order valence-electron chi connectivity index (χ4n) is 4.02. The number of fused-ring (bicyclic) bond motifs is 3. The minimum Gasteiger partial charge on any atom is -0.618 e. The number of rotatable bonds is 2. The molecule has 2 aliphatic rings. The molecule has 5 rings (SSSR count). The molecule has 3 aromatic rings. The quantitative estimate of drug-likeness (QED) is 0.509. The van der Waals surface area contributed by atoms with E-state index in [1.807, 2.05) is 19.2 Å². The highest BCUT2D eigenvalue weighted by Crippen LogP contribution is 2.33. The third-order valence-corrected chi connectivity index (χ3v) is 5.88. The van der Waals surface area contributed by atoms with Crippen molar-refractivity contribution in [1.82, 2.24) is 15.0 Å². The molecule has 0 bridgehead atoms. The first-order valence-corrected chi connectivity index (χ1v) is 9.55. The van der Waals surface area contributed by atoms with Gasteiger partial charge in [0.25, 0.3) is 5.52 Å². The summed E-state index contributed by atoms with van der Waals surface area (Å²) in [6, 6.07) is 5.33. The number of imidazole rings is 1. The van der Waals surface area contributed by atoms with Crippen molar-refractivity contribution in [1.29, 1.82) is 5.26 Å². The van der Waals surface area contributed by atoms with Gasteiger partial charge in [-0.3, -0.25) is 4.40 Å². The lowest BCUT2D eigenvalue weighted by Gasteiger charge is -2.14. The number of aromatic nitrogens is 3. The first-order valence-electron chi connectivity index (χ1n) is 9.17. The van der Waals surface area contributed by atoms with Crippen molar-refractivity contribution in [3.05, 3.63) is 51.9 Å². The van der Waals surface area contributed by atoms with Crippen LogP contribution in [-0.4, -0.2) is 22.1 Å². The average molecular weight is 413 g/mol. The Morgan fingerprint density at radius 3 is 3.00 bits per heavy atom. The number of hydrogen-bond donors (Lipinski definition) is 1. The highest BCUT2D eigenvalue weighted by atomic mass is 35.5. The zero-order chi connectivity index (χ0) is 20.3. The monoisotopic (exact) mass is 412 g/mol. The van der Waals surface area contributed by atoms with E-state index in [4.69, 9.17) is 21.2 Å². The molecule has 29 heavy (non-hydrogen) atoms. The van der Waals surface area contributed by atoms with Crippen LogP contribution in [0.3, 0.4) is 0 Å². The van der Waals surface area contributed by atoms with Gasteiger partial charge in [0.1, 0.15) is 29.2 Å². The predicted octanol–water partition coefficient (Wildman–Crippen LogP) is 2.48. The average Bonchev–Trinajstić information content (AvgIpc) is 3.44. The second-order valence-corrected chi connectivity index (χ2v) is 7.54. The van der Waals surface area contributed by atoms with Gasteiger partial charge in [-0.1, -0.05) is 17.2 Å². The summed E-state index contributed by atoms with van der Waals surface area (Å²) in [7, 11) is 0. The summed E-state index contributed by atoms with van der Waals surface area (Å²) in [5, 5.41) is 24.4. The Labute approximate surface area is 170 Å². The number of ether oxygens (including phenoxy) is 1. The molecule has 2 aromatic heterocycles. The molecule has 0 radical (unpaired) electrons. The van der Waals surface area contributed by atoms with Crippen molar-refractivity contribution in [2.45, 2.75) is 26.4 Å². The van der Waals surface area contributed by atoms with Crippen molar-refractivity contribution in [3.63, 3.8) is 0 Å². The van der Waals surface area contributed by atoms with Crippen LogP contribution in [0.1, 0.15) is 24.6 Å². The Bertz CT molecular complexity index is 1230. The van der Waals surface area contributed by atoms with Crippen LogP contribution in [0.2, 0.25) is 5.02 Å². The van der Waals surface area contributed by atoms with E-state index in [2.05, 4.69) is 10.6 Å². The molecule has 0 spiro atoms. The zero-order valence-electron chi connectivity index (χ0n) is 15.7. The fourth-order valence-corrected chi connectivity index (χ4v) is 4.22. The van der Waals surface area contributed by atoms with Gasteiger partial charge in [-0.15, -0.1) is 0 Å². The number of anilines is 1. The number of nitrogens with zero attached hydrogens (tertiary/aromatic N) is 5. The summed E-state index contributed by atoms with van der Waals surface area (Å²) in [4.78, 5) is 10.2. The number of aryl methyl sites for hydroxylation is 1.